The molecule has 92 valence electrons. The molecular weight excluding hydrogens is 218 g/mol. The van der Waals surface area contributed by atoms with E-state index in [1.165, 1.54) is 0 Å². The molecule has 0 heterocycles. The van der Waals surface area contributed by atoms with E-state index in [2.05, 4.69) is 5.32 Å². The van der Waals surface area contributed by atoms with Gasteiger partial charge in [-0.1, -0.05) is 12.1 Å². The second-order valence-electron chi connectivity index (χ2n) is 3.68. The maximum atomic E-state index is 11.8. The molecule has 4 nitrogen and oxygen atoms in total. The Kier molecular flexibility index (Phi) is 5.20. The zero-order valence-corrected chi connectivity index (χ0v) is 10.2. The molecule has 0 unspecified atom stereocenters. The number of Topliss-reactive ketones (excluding diaryl/α,β-unsaturated/α-hetero) is 1. The van der Waals surface area contributed by atoms with Crippen molar-refractivity contribution in [2.75, 3.05) is 14.2 Å². The highest BCUT2D eigenvalue weighted by Crippen LogP contribution is 2.15. The number of benzene rings is 1. The summed E-state index contributed by atoms with van der Waals surface area (Å²) in [6, 6.07) is 7.04. The molecule has 0 saturated heterocycles. The molecule has 0 atom stereocenters. The minimum Gasteiger partial charge on any atom is -0.497 e. The highest BCUT2D eigenvalue weighted by molar-refractivity contribution is 5.96. The molecule has 1 N–H and O–H groups in total. The van der Waals surface area contributed by atoms with Crippen LogP contribution in [0.25, 0.3) is 0 Å². The third kappa shape index (κ3) is 4.26. The molecule has 1 aromatic carbocycles. The van der Waals surface area contributed by atoms with Crippen LogP contribution in [0.1, 0.15) is 29.6 Å². The third-order valence-electron chi connectivity index (χ3n) is 2.48. The molecule has 1 amide bonds. The summed E-state index contributed by atoms with van der Waals surface area (Å²) in [5, 5.41) is 2.53. The number of amides is 1. The molecule has 0 aliphatic heterocycles. The Bertz CT molecular complexity index is 401. The van der Waals surface area contributed by atoms with Crippen LogP contribution >= 0.6 is 0 Å². The number of nitrogens with one attached hydrogen (secondary N) is 1. The Morgan fingerprint density at radius 3 is 2.71 bits per heavy atom. The molecule has 0 radical (unpaired) electrons. The van der Waals surface area contributed by atoms with E-state index in [-0.39, 0.29) is 11.7 Å². The topological polar surface area (TPSA) is 55.4 Å². The first-order valence-electron chi connectivity index (χ1n) is 5.55. The zero-order valence-electron chi connectivity index (χ0n) is 10.2. The summed E-state index contributed by atoms with van der Waals surface area (Å²) in [5.41, 5.74) is 0.626. The Labute approximate surface area is 101 Å². The zero-order chi connectivity index (χ0) is 12.7. The van der Waals surface area contributed by atoms with Gasteiger partial charge in [0.15, 0.2) is 5.78 Å². The third-order valence-corrected chi connectivity index (χ3v) is 2.48. The van der Waals surface area contributed by atoms with Crippen molar-refractivity contribution in [1.82, 2.24) is 5.32 Å². The van der Waals surface area contributed by atoms with Gasteiger partial charge in [0.2, 0.25) is 5.91 Å². The average molecular weight is 235 g/mol. The van der Waals surface area contributed by atoms with Gasteiger partial charge in [0, 0.05) is 25.5 Å². The van der Waals surface area contributed by atoms with Gasteiger partial charge in [-0.2, -0.15) is 0 Å². The fourth-order valence-corrected chi connectivity index (χ4v) is 1.48. The summed E-state index contributed by atoms with van der Waals surface area (Å²) in [6.45, 7) is 0. The number of carbonyl (C=O) groups is 2. The van der Waals surface area contributed by atoms with Gasteiger partial charge in [0.05, 0.1) is 7.11 Å². The summed E-state index contributed by atoms with van der Waals surface area (Å²) >= 11 is 0. The van der Waals surface area contributed by atoms with Gasteiger partial charge in [-0.05, 0) is 18.6 Å². The first kappa shape index (κ1) is 13.2. The van der Waals surface area contributed by atoms with Crippen molar-refractivity contribution >= 4 is 11.7 Å². The van der Waals surface area contributed by atoms with E-state index in [9.17, 15) is 9.59 Å². The second-order valence-corrected chi connectivity index (χ2v) is 3.68. The molecule has 4 heteroatoms. The van der Waals surface area contributed by atoms with Gasteiger partial charge < -0.3 is 10.1 Å². The van der Waals surface area contributed by atoms with Crippen molar-refractivity contribution in [2.24, 2.45) is 0 Å². The number of carbonyl (C=O) groups excluding carboxylic acids is 2. The van der Waals surface area contributed by atoms with Gasteiger partial charge in [0.25, 0.3) is 0 Å². The maximum Gasteiger partial charge on any atom is 0.219 e. The van der Waals surface area contributed by atoms with Crippen molar-refractivity contribution in [3.8, 4) is 5.75 Å². The predicted octanol–water partition coefficient (Wildman–Crippen LogP) is 1.79. The van der Waals surface area contributed by atoms with Crippen molar-refractivity contribution in [3.63, 3.8) is 0 Å². The number of hydrogen-bond acceptors (Lipinski definition) is 3. The van der Waals surface area contributed by atoms with E-state index in [1.54, 1.807) is 38.4 Å². The molecule has 0 saturated carbocycles. The maximum absolute atomic E-state index is 11.8. The lowest BCUT2D eigenvalue weighted by atomic mass is 10.1. The minimum atomic E-state index is -0.0385. The van der Waals surface area contributed by atoms with E-state index in [0.717, 1.165) is 0 Å². The minimum absolute atomic E-state index is 0.0350. The van der Waals surface area contributed by atoms with Crippen LogP contribution in [0.2, 0.25) is 0 Å². The lowest BCUT2D eigenvalue weighted by Gasteiger charge is -2.03. The van der Waals surface area contributed by atoms with Crippen LogP contribution in [0.3, 0.4) is 0 Å². The van der Waals surface area contributed by atoms with Crippen LogP contribution in [0.4, 0.5) is 0 Å². The Balaban J connectivity index is 2.49. The first-order valence-corrected chi connectivity index (χ1v) is 5.55. The van der Waals surface area contributed by atoms with Crippen LogP contribution in [0.15, 0.2) is 24.3 Å². The second kappa shape index (κ2) is 6.68. The molecule has 0 spiro atoms. The van der Waals surface area contributed by atoms with Crippen molar-refractivity contribution in [2.45, 2.75) is 19.3 Å². The molecule has 0 aliphatic carbocycles. The van der Waals surface area contributed by atoms with Crippen molar-refractivity contribution in [3.05, 3.63) is 29.8 Å². The lowest BCUT2D eigenvalue weighted by molar-refractivity contribution is -0.120. The summed E-state index contributed by atoms with van der Waals surface area (Å²) in [7, 11) is 3.15. The molecule has 0 bridgehead atoms. The SMILES string of the molecule is CNC(=O)CCCC(=O)c1cccc(OC)c1. The van der Waals surface area contributed by atoms with Gasteiger partial charge in [-0.3, -0.25) is 9.59 Å². The molecule has 17 heavy (non-hydrogen) atoms. The largest absolute Gasteiger partial charge is 0.497 e. The van der Waals surface area contributed by atoms with Crippen molar-refractivity contribution in [1.29, 1.82) is 0 Å². The summed E-state index contributed by atoms with van der Waals surface area (Å²) < 4.78 is 5.05. The fourth-order valence-electron chi connectivity index (χ4n) is 1.48. The molecule has 1 rings (SSSR count). The van der Waals surface area contributed by atoms with Crippen LogP contribution in [-0.2, 0) is 4.79 Å². The van der Waals surface area contributed by atoms with Gasteiger partial charge >= 0.3 is 0 Å². The standard InChI is InChI=1S/C13H17NO3/c1-14-13(16)8-4-7-12(15)10-5-3-6-11(9-10)17-2/h3,5-6,9H,4,7-8H2,1-2H3,(H,14,16). The Hall–Kier alpha value is -1.84. The summed E-state index contributed by atoms with van der Waals surface area (Å²) in [6.07, 6.45) is 1.32. The van der Waals surface area contributed by atoms with Crippen LogP contribution in [0.5, 0.6) is 5.75 Å². The highest BCUT2D eigenvalue weighted by Gasteiger charge is 2.07. The average Bonchev–Trinajstić information content (AvgIpc) is 2.38. The number of ether oxygens (including phenoxy) is 1. The normalized spacial score (nSPS) is 9.76. The fraction of sp³-hybridized carbons (Fsp3) is 0.385. The molecule has 1 aromatic rings. The molecule has 0 fully saturated rings. The van der Waals surface area contributed by atoms with Crippen LogP contribution in [0, 0.1) is 0 Å². The quantitative estimate of drug-likeness (QED) is 0.765. The number of rotatable bonds is 6. The van der Waals surface area contributed by atoms with Crippen molar-refractivity contribution < 1.29 is 14.3 Å². The van der Waals surface area contributed by atoms with E-state index < -0.39 is 0 Å². The van der Waals surface area contributed by atoms with Gasteiger partial charge in [-0.25, -0.2) is 0 Å². The highest BCUT2D eigenvalue weighted by atomic mass is 16.5. The monoisotopic (exact) mass is 235 g/mol. The lowest BCUT2D eigenvalue weighted by Crippen LogP contribution is -2.17. The summed E-state index contributed by atoms with van der Waals surface area (Å²) in [5.74, 6) is 0.665. The molecule has 0 aliphatic rings. The number of ketones is 1. The van der Waals surface area contributed by atoms with E-state index in [1.807, 2.05) is 0 Å². The molecular formula is C13H17NO3. The van der Waals surface area contributed by atoms with E-state index in [0.29, 0.717) is 30.6 Å². The van der Waals surface area contributed by atoms with E-state index in [4.69, 9.17) is 4.74 Å². The van der Waals surface area contributed by atoms with Crippen LogP contribution < -0.4 is 10.1 Å². The molecule has 0 aromatic heterocycles. The van der Waals surface area contributed by atoms with Gasteiger partial charge in [0.1, 0.15) is 5.75 Å². The Morgan fingerprint density at radius 1 is 1.29 bits per heavy atom. The van der Waals surface area contributed by atoms with Gasteiger partial charge in [-0.15, -0.1) is 0 Å². The number of methoxy groups -OCH3 is 1. The van der Waals surface area contributed by atoms with E-state index >= 15 is 0 Å². The predicted molar refractivity (Wildman–Crippen MR) is 65.2 cm³/mol. The summed E-state index contributed by atoms with van der Waals surface area (Å²) in [4.78, 5) is 22.8. The van der Waals surface area contributed by atoms with Crippen LogP contribution in [-0.4, -0.2) is 25.8 Å². The Morgan fingerprint density at radius 2 is 2.06 bits per heavy atom. The first-order chi connectivity index (χ1) is 8.17. The smallest absolute Gasteiger partial charge is 0.219 e. The number of hydrogen-bond donors (Lipinski definition) is 1.